The van der Waals surface area contributed by atoms with Gasteiger partial charge in [-0.1, -0.05) is 39.3 Å². The number of nitrogens with zero attached hydrogens (tertiary/aromatic N) is 1. The number of hydrogen-bond acceptors (Lipinski definition) is 3. The van der Waals surface area contributed by atoms with Gasteiger partial charge in [-0.25, -0.2) is 4.98 Å². The van der Waals surface area contributed by atoms with Crippen molar-refractivity contribution in [1.82, 2.24) is 4.98 Å². The number of halogens is 2. The average Bonchev–Trinajstić information content (AvgIpc) is 2.34. The third-order valence-electron chi connectivity index (χ3n) is 2.01. The number of aldehydes is 1. The number of carbonyl (C=O) groups excluding carboxylic acids is 1. The Kier molecular flexibility index (Phi) is 4.20. The van der Waals surface area contributed by atoms with Crippen molar-refractivity contribution >= 4 is 45.6 Å². The van der Waals surface area contributed by atoms with E-state index in [1.165, 1.54) is 11.8 Å². The van der Waals surface area contributed by atoms with Gasteiger partial charge in [0.25, 0.3) is 0 Å². The summed E-state index contributed by atoms with van der Waals surface area (Å²) >= 11 is 10.5. The number of hydrogen-bond donors (Lipinski definition) is 0. The fourth-order valence-corrected chi connectivity index (χ4v) is 2.56. The van der Waals surface area contributed by atoms with Crippen LogP contribution in [0.1, 0.15) is 10.4 Å². The van der Waals surface area contributed by atoms with Gasteiger partial charge in [-0.3, -0.25) is 4.79 Å². The molecule has 86 valence electrons. The van der Waals surface area contributed by atoms with Crippen LogP contribution in [0.2, 0.25) is 5.02 Å². The summed E-state index contributed by atoms with van der Waals surface area (Å²) < 4.78 is 0.882. The molecule has 0 N–H and O–H groups in total. The Morgan fingerprint density at radius 1 is 1.29 bits per heavy atom. The van der Waals surface area contributed by atoms with E-state index >= 15 is 0 Å². The van der Waals surface area contributed by atoms with E-state index in [0.29, 0.717) is 10.6 Å². The normalized spacial score (nSPS) is 10.2. The van der Waals surface area contributed by atoms with Crippen LogP contribution >= 0.6 is 39.3 Å². The Morgan fingerprint density at radius 3 is 2.76 bits per heavy atom. The Labute approximate surface area is 117 Å². The maximum atomic E-state index is 10.9. The molecule has 0 saturated heterocycles. The molecule has 0 radical (unpaired) electrons. The van der Waals surface area contributed by atoms with E-state index in [9.17, 15) is 4.79 Å². The number of rotatable bonds is 3. The molecule has 0 saturated carbocycles. The van der Waals surface area contributed by atoms with Crippen molar-refractivity contribution in [3.8, 4) is 0 Å². The van der Waals surface area contributed by atoms with Crippen molar-refractivity contribution < 1.29 is 4.79 Å². The smallest absolute Gasteiger partial charge is 0.151 e. The lowest BCUT2D eigenvalue weighted by Crippen LogP contribution is -1.86. The van der Waals surface area contributed by atoms with Crippen LogP contribution in [-0.4, -0.2) is 11.3 Å². The quantitative estimate of drug-likeness (QED) is 0.779. The maximum Gasteiger partial charge on any atom is 0.151 e. The van der Waals surface area contributed by atoms with Crippen LogP contribution in [0.3, 0.4) is 0 Å². The molecule has 0 unspecified atom stereocenters. The zero-order valence-electron chi connectivity index (χ0n) is 8.56. The van der Waals surface area contributed by atoms with Gasteiger partial charge in [0.2, 0.25) is 0 Å². The molecule has 1 aromatic carbocycles. The number of aromatic nitrogens is 1. The minimum absolute atomic E-state index is 0.598. The van der Waals surface area contributed by atoms with Crippen molar-refractivity contribution in [2.75, 3.05) is 0 Å². The van der Waals surface area contributed by atoms with E-state index in [4.69, 9.17) is 11.6 Å². The molecule has 0 bridgehead atoms. The lowest BCUT2D eigenvalue weighted by molar-refractivity contribution is 0.112. The molecule has 2 aromatic rings. The third kappa shape index (κ3) is 3.31. The van der Waals surface area contributed by atoms with Gasteiger partial charge in [-0.05, 0) is 30.3 Å². The molecule has 2 nitrogen and oxygen atoms in total. The van der Waals surface area contributed by atoms with Gasteiger partial charge in [0.15, 0.2) is 6.29 Å². The highest BCUT2D eigenvalue weighted by Gasteiger charge is 2.05. The molecule has 1 aromatic heterocycles. The predicted octanol–water partition coefficient (Wildman–Crippen LogP) is 4.46. The summed E-state index contributed by atoms with van der Waals surface area (Å²) in [5, 5.41) is 1.40. The van der Waals surface area contributed by atoms with Gasteiger partial charge in [0.05, 0.1) is 5.02 Å². The minimum atomic E-state index is 0.598. The van der Waals surface area contributed by atoms with Crippen molar-refractivity contribution in [3.63, 3.8) is 0 Å². The van der Waals surface area contributed by atoms with Gasteiger partial charge >= 0.3 is 0 Å². The van der Waals surface area contributed by atoms with Crippen LogP contribution in [0.15, 0.2) is 50.9 Å². The summed E-state index contributed by atoms with van der Waals surface area (Å²) in [7, 11) is 0. The zero-order valence-corrected chi connectivity index (χ0v) is 11.7. The van der Waals surface area contributed by atoms with Crippen LogP contribution in [0.25, 0.3) is 0 Å². The first-order chi connectivity index (χ1) is 8.19. The molecule has 17 heavy (non-hydrogen) atoms. The molecule has 0 aliphatic heterocycles. The number of pyridine rings is 1. The van der Waals surface area contributed by atoms with Crippen LogP contribution < -0.4 is 0 Å². The first-order valence-electron chi connectivity index (χ1n) is 4.73. The summed E-state index contributed by atoms with van der Waals surface area (Å²) in [4.78, 5) is 16.0. The fraction of sp³-hybridized carbons (Fsp3) is 0. The van der Waals surface area contributed by atoms with E-state index in [0.717, 1.165) is 20.7 Å². The maximum absolute atomic E-state index is 10.9. The summed E-state index contributed by atoms with van der Waals surface area (Å²) in [6.07, 6.45) is 2.42. The van der Waals surface area contributed by atoms with Gasteiger partial charge in [0.1, 0.15) is 5.03 Å². The highest BCUT2D eigenvalue weighted by atomic mass is 79.9. The summed E-state index contributed by atoms with van der Waals surface area (Å²) in [5.41, 5.74) is 0.640. The lowest BCUT2D eigenvalue weighted by Gasteiger charge is -2.04. The van der Waals surface area contributed by atoms with Crippen molar-refractivity contribution in [2.45, 2.75) is 9.92 Å². The van der Waals surface area contributed by atoms with Crippen molar-refractivity contribution in [2.24, 2.45) is 0 Å². The van der Waals surface area contributed by atoms with Crippen molar-refractivity contribution in [1.29, 1.82) is 0 Å². The second kappa shape index (κ2) is 5.67. The Hall–Kier alpha value is -0.840. The highest BCUT2D eigenvalue weighted by Crippen LogP contribution is 2.30. The van der Waals surface area contributed by atoms with Crippen molar-refractivity contribution in [3.05, 3.63) is 51.6 Å². The molecule has 2 rings (SSSR count). The summed E-state index contributed by atoms with van der Waals surface area (Å²) in [6, 6.07) is 9.16. The van der Waals surface area contributed by atoms with E-state index in [-0.39, 0.29) is 0 Å². The number of benzene rings is 1. The lowest BCUT2D eigenvalue weighted by atomic mass is 10.2. The van der Waals surface area contributed by atoms with Gasteiger partial charge in [-0.15, -0.1) is 0 Å². The third-order valence-corrected chi connectivity index (χ3v) is 3.77. The predicted molar refractivity (Wildman–Crippen MR) is 72.9 cm³/mol. The molecule has 0 amide bonds. The Bertz CT molecular complexity index is 545. The van der Waals surface area contributed by atoms with E-state index in [1.807, 2.05) is 18.2 Å². The Morgan fingerprint density at radius 2 is 2.12 bits per heavy atom. The molecule has 0 aliphatic carbocycles. The molecular weight excluding hydrogens is 322 g/mol. The second-order valence-corrected chi connectivity index (χ2v) is 5.63. The highest BCUT2D eigenvalue weighted by molar-refractivity contribution is 9.10. The van der Waals surface area contributed by atoms with Crippen LogP contribution in [0.4, 0.5) is 0 Å². The molecular formula is C12H7BrClNOS. The molecule has 0 spiro atoms. The topological polar surface area (TPSA) is 30.0 Å². The van der Waals surface area contributed by atoms with Gasteiger partial charge < -0.3 is 0 Å². The summed E-state index contributed by atoms with van der Waals surface area (Å²) in [6.45, 7) is 0. The Balaban J connectivity index is 2.29. The second-order valence-electron chi connectivity index (χ2n) is 3.22. The van der Waals surface area contributed by atoms with E-state index < -0.39 is 0 Å². The molecule has 0 aliphatic rings. The SMILES string of the molecule is O=Cc1cc(Br)ccc1Sc1ccc(Cl)cn1. The fourth-order valence-electron chi connectivity index (χ4n) is 1.24. The van der Waals surface area contributed by atoms with E-state index in [2.05, 4.69) is 20.9 Å². The van der Waals surface area contributed by atoms with Crippen LogP contribution in [-0.2, 0) is 0 Å². The molecule has 5 heteroatoms. The van der Waals surface area contributed by atoms with Gasteiger partial charge in [-0.2, -0.15) is 0 Å². The monoisotopic (exact) mass is 327 g/mol. The standard InChI is InChI=1S/C12H7BrClNOS/c13-9-1-3-11(8(5-9)7-16)17-12-4-2-10(14)6-15-12/h1-7H. The average molecular weight is 329 g/mol. The van der Waals surface area contributed by atoms with E-state index in [1.54, 1.807) is 18.3 Å². The molecule has 1 heterocycles. The zero-order chi connectivity index (χ0) is 12.3. The first kappa shape index (κ1) is 12.6. The minimum Gasteiger partial charge on any atom is -0.298 e. The van der Waals surface area contributed by atoms with Gasteiger partial charge in [0, 0.05) is 21.1 Å². The molecule has 0 fully saturated rings. The van der Waals surface area contributed by atoms with Crippen LogP contribution in [0.5, 0.6) is 0 Å². The summed E-state index contributed by atoms with van der Waals surface area (Å²) in [5.74, 6) is 0. The molecule has 0 atom stereocenters. The first-order valence-corrected chi connectivity index (χ1v) is 6.72. The largest absolute Gasteiger partial charge is 0.298 e. The number of carbonyl (C=O) groups is 1. The van der Waals surface area contributed by atoms with Crippen LogP contribution in [0, 0.1) is 0 Å².